The van der Waals surface area contributed by atoms with Crippen LogP contribution in [0.2, 0.25) is 5.02 Å². The van der Waals surface area contributed by atoms with E-state index in [4.69, 9.17) is 11.6 Å². The fraction of sp³-hybridized carbons (Fsp3) is 0.269. The third-order valence-corrected chi connectivity index (χ3v) is 5.45. The van der Waals surface area contributed by atoms with Gasteiger partial charge in [0.25, 0.3) is 5.91 Å². The smallest absolute Gasteiger partial charge is 0.251 e. The van der Waals surface area contributed by atoms with Gasteiger partial charge in [-0.05, 0) is 79.3 Å². The molecule has 0 heterocycles. The molecule has 162 valence electrons. The molecule has 0 aliphatic rings. The summed E-state index contributed by atoms with van der Waals surface area (Å²) in [6.07, 6.45) is 3.79. The van der Waals surface area contributed by atoms with E-state index in [2.05, 4.69) is 10.6 Å². The van der Waals surface area contributed by atoms with Crippen LogP contribution >= 0.6 is 11.6 Å². The van der Waals surface area contributed by atoms with E-state index in [1.807, 2.05) is 60.7 Å². The number of phenolic OH excluding ortho intramolecular Hbond substituents is 1. The Kier molecular flexibility index (Phi) is 8.95. The Morgan fingerprint density at radius 3 is 2.26 bits per heavy atom. The highest BCUT2D eigenvalue weighted by Crippen LogP contribution is 2.13. The van der Waals surface area contributed by atoms with Gasteiger partial charge in [-0.2, -0.15) is 0 Å². The first-order valence-corrected chi connectivity index (χ1v) is 11.1. The lowest BCUT2D eigenvalue weighted by molar-refractivity contribution is 0.0952. The summed E-state index contributed by atoms with van der Waals surface area (Å²) in [7, 11) is 0. The molecule has 31 heavy (non-hydrogen) atoms. The van der Waals surface area contributed by atoms with Crippen LogP contribution in [0.4, 0.5) is 0 Å². The minimum Gasteiger partial charge on any atom is -0.508 e. The third-order valence-electron chi connectivity index (χ3n) is 5.20. The predicted molar refractivity (Wildman–Crippen MR) is 127 cm³/mol. The van der Waals surface area contributed by atoms with Crippen LogP contribution in [0.1, 0.15) is 39.9 Å². The van der Waals surface area contributed by atoms with Gasteiger partial charge >= 0.3 is 0 Å². The number of amides is 1. The lowest BCUT2D eigenvalue weighted by atomic mass is 10.1. The zero-order chi connectivity index (χ0) is 21.9. The summed E-state index contributed by atoms with van der Waals surface area (Å²) in [4.78, 5) is 12.6. The molecule has 0 radical (unpaired) electrons. The van der Waals surface area contributed by atoms with Gasteiger partial charge in [-0.25, -0.2) is 0 Å². The summed E-state index contributed by atoms with van der Waals surface area (Å²) >= 11 is 5.91. The van der Waals surface area contributed by atoms with Gasteiger partial charge in [0, 0.05) is 23.7 Å². The van der Waals surface area contributed by atoms with Crippen LogP contribution in [0.25, 0.3) is 0 Å². The van der Waals surface area contributed by atoms with Gasteiger partial charge < -0.3 is 15.7 Å². The minimum atomic E-state index is -0.0255. The maximum absolute atomic E-state index is 12.6. The number of hydrogen-bond donors (Lipinski definition) is 3. The highest BCUT2D eigenvalue weighted by atomic mass is 35.5. The fourth-order valence-corrected chi connectivity index (χ4v) is 3.54. The number of rotatable bonds is 11. The van der Waals surface area contributed by atoms with Crippen LogP contribution in [0.5, 0.6) is 5.75 Å². The zero-order valence-corrected chi connectivity index (χ0v) is 18.4. The number of benzene rings is 3. The molecular weight excluding hydrogens is 408 g/mol. The van der Waals surface area contributed by atoms with Crippen LogP contribution < -0.4 is 10.6 Å². The Morgan fingerprint density at radius 1 is 0.806 bits per heavy atom. The largest absolute Gasteiger partial charge is 0.508 e. The molecular formula is C26H29ClN2O2. The Hall–Kier alpha value is -2.82. The number of carbonyl (C=O) groups is 1. The van der Waals surface area contributed by atoms with Crippen molar-refractivity contribution in [3.05, 3.63) is 100 Å². The number of aromatic hydroxyl groups is 1. The van der Waals surface area contributed by atoms with Gasteiger partial charge in [0.2, 0.25) is 0 Å². The van der Waals surface area contributed by atoms with E-state index in [-0.39, 0.29) is 11.7 Å². The van der Waals surface area contributed by atoms with Crippen LogP contribution in [-0.2, 0) is 19.4 Å². The van der Waals surface area contributed by atoms with Gasteiger partial charge in [-0.15, -0.1) is 0 Å². The van der Waals surface area contributed by atoms with Crippen molar-refractivity contribution in [3.8, 4) is 5.75 Å². The molecule has 0 aliphatic carbocycles. The summed E-state index contributed by atoms with van der Waals surface area (Å²) < 4.78 is 0. The number of phenols is 1. The van der Waals surface area contributed by atoms with Gasteiger partial charge in [0.05, 0.1) is 0 Å². The molecule has 5 heteroatoms. The van der Waals surface area contributed by atoms with E-state index >= 15 is 0 Å². The lowest BCUT2D eigenvalue weighted by Crippen LogP contribution is -2.27. The van der Waals surface area contributed by atoms with Crippen molar-refractivity contribution >= 4 is 17.5 Å². The van der Waals surface area contributed by atoms with Crippen molar-refractivity contribution < 1.29 is 9.90 Å². The van der Waals surface area contributed by atoms with Crippen molar-refractivity contribution in [1.29, 1.82) is 0 Å². The maximum Gasteiger partial charge on any atom is 0.251 e. The monoisotopic (exact) mass is 436 g/mol. The molecule has 3 rings (SSSR count). The average molecular weight is 437 g/mol. The van der Waals surface area contributed by atoms with Crippen molar-refractivity contribution in [2.75, 3.05) is 13.1 Å². The topological polar surface area (TPSA) is 61.4 Å². The first-order chi connectivity index (χ1) is 15.1. The van der Waals surface area contributed by atoms with E-state index in [9.17, 15) is 9.90 Å². The summed E-state index contributed by atoms with van der Waals surface area (Å²) in [6, 6.07) is 22.9. The molecule has 0 aromatic heterocycles. The molecule has 0 saturated heterocycles. The second-order valence-corrected chi connectivity index (χ2v) is 8.03. The van der Waals surface area contributed by atoms with Crippen molar-refractivity contribution in [3.63, 3.8) is 0 Å². The first kappa shape index (κ1) is 22.9. The van der Waals surface area contributed by atoms with Crippen LogP contribution in [0.3, 0.4) is 0 Å². The van der Waals surface area contributed by atoms with E-state index in [1.54, 1.807) is 12.1 Å². The molecule has 0 saturated carbocycles. The number of unbranched alkanes of at least 4 members (excludes halogenated alkanes) is 1. The molecule has 3 N–H and O–H groups in total. The van der Waals surface area contributed by atoms with Gasteiger partial charge in [-0.1, -0.05) is 54.1 Å². The average Bonchev–Trinajstić information content (AvgIpc) is 2.79. The van der Waals surface area contributed by atoms with Gasteiger partial charge in [0.15, 0.2) is 0 Å². The second kappa shape index (κ2) is 12.1. The lowest BCUT2D eigenvalue weighted by Gasteiger charge is -2.11. The van der Waals surface area contributed by atoms with E-state index in [0.717, 1.165) is 53.9 Å². The Bertz CT molecular complexity index is 956. The molecule has 0 fully saturated rings. The molecule has 0 aliphatic heterocycles. The third kappa shape index (κ3) is 7.74. The SMILES string of the molecule is O=C(NCCCCc1ccc(Cl)cc1)c1ccccc1CNCCc1ccc(O)cc1. The zero-order valence-electron chi connectivity index (χ0n) is 17.6. The Balaban J connectivity index is 1.39. The van der Waals surface area contributed by atoms with Crippen LogP contribution in [0.15, 0.2) is 72.8 Å². The van der Waals surface area contributed by atoms with E-state index in [1.165, 1.54) is 5.56 Å². The summed E-state index contributed by atoms with van der Waals surface area (Å²) in [6.45, 7) is 2.10. The van der Waals surface area contributed by atoms with Crippen LogP contribution in [-0.4, -0.2) is 24.1 Å². The molecule has 3 aromatic rings. The predicted octanol–water partition coefficient (Wildman–Crippen LogP) is 5.13. The molecule has 0 bridgehead atoms. The van der Waals surface area contributed by atoms with Gasteiger partial charge in [0.1, 0.15) is 5.75 Å². The highest BCUT2D eigenvalue weighted by molar-refractivity contribution is 6.30. The quantitative estimate of drug-likeness (QED) is 0.365. The number of carbonyl (C=O) groups excluding carboxylic acids is 1. The number of halogens is 1. The van der Waals surface area contributed by atoms with E-state index < -0.39 is 0 Å². The molecule has 4 nitrogen and oxygen atoms in total. The highest BCUT2D eigenvalue weighted by Gasteiger charge is 2.10. The normalized spacial score (nSPS) is 10.7. The molecule has 0 atom stereocenters. The fourth-order valence-electron chi connectivity index (χ4n) is 3.42. The minimum absolute atomic E-state index is 0.0255. The van der Waals surface area contributed by atoms with Gasteiger partial charge in [-0.3, -0.25) is 4.79 Å². The molecule has 0 spiro atoms. The van der Waals surface area contributed by atoms with Crippen LogP contribution in [0, 0.1) is 0 Å². The Morgan fingerprint density at radius 2 is 1.48 bits per heavy atom. The molecule has 1 amide bonds. The first-order valence-electron chi connectivity index (χ1n) is 10.7. The molecule has 3 aromatic carbocycles. The summed E-state index contributed by atoms with van der Waals surface area (Å²) in [5.41, 5.74) is 4.14. The van der Waals surface area contributed by atoms with E-state index in [0.29, 0.717) is 13.1 Å². The standard InChI is InChI=1S/C26H29ClN2O2/c27-23-12-8-20(9-13-23)5-3-4-17-29-26(31)25-7-2-1-6-22(25)19-28-18-16-21-10-14-24(30)15-11-21/h1-2,6-15,28,30H,3-5,16-19H2,(H,29,31). The number of hydrogen-bond acceptors (Lipinski definition) is 3. The second-order valence-electron chi connectivity index (χ2n) is 7.59. The Labute approximate surface area is 189 Å². The number of nitrogens with one attached hydrogen (secondary N) is 2. The maximum atomic E-state index is 12.6. The van der Waals surface area contributed by atoms with Crippen molar-refractivity contribution in [2.24, 2.45) is 0 Å². The summed E-state index contributed by atoms with van der Waals surface area (Å²) in [5.74, 6) is 0.254. The molecule has 0 unspecified atom stereocenters. The van der Waals surface area contributed by atoms with Crippen molar-refractivity contribution in [2.45, 2.75) is 32.2 Å². The summed E-state index contributed by atoms with van der Waals surface area (Å²) in [5, 5.41) is 16.6. The van der Waals surface area contributed by atoms with Crippen molar-refractivity contribution in [1.82, 2.24) is 10.6 Å². The number of aryl methyl sites for hydroxylation is 1.